The zero-order valence-electron chi connectivity index (χ0n) is 10.9. The quantitative estimate of drug-likeness (QED) is 0.665. The molecule has 3 heteroatoms. The van der Waals surface area contributed by atoms with E-state index in [1.54, 1.807) is 24.0 Å². The van der Waals surface area contributed by atoms with Gasteiger partial charge >= 0.3 is 0 Å². The minimum atomic E-state index is -0.0143. The fourth-order valence-corrected chi connectivity index (χ4v) is 2.35. The lowest BCUT2D eigenvalue weighted by Gasteiger charge is -2.09. The second-order valence-electron chi connectivity index (χ2n) is 4.75. The van der Waals surface area contributed by atoms with E-state index in [4.69, 9.17) is 0 Å². The van der Waals surface area contributed by atoms with Gasteiger partial charge in [-0.15, -0.1) is 0 Å². The molecular formula is C16H14N2O. The number of hydrogen-bond acceptors (Lipinski definition) is 2. The fourth-order valence-electron chi connectivity index (χ4n) is 2.35. The van der Waals surface area contributed by atoms with Crippen molar-refractivity contribution in [1.82, 2.24) is 9.55 Å². The van der Waals surface area contributed by atoms with Crippen LogP contribution in [0.1, 0.15) is 5.56 Å². The molecule has 0 atom stereocenters. The van der Waals surface area contributed by atoms with E-state index in [0.29, 0.717) is 5.39 Å². The van der Waals surface area contributed by atoms with Gasteiger partial charge in [-0.2, -0.15) is 0 Å². The molecule has 94 valence electrons. The van der Waals surface area contributed by atoms with Crippen LogP contribution in [0.3, 0.4) is 0 Å². The zero-order chi connectivity index (χ0) is 13.4. The molecule has 2 aromatic heterocycles. The number of hydrogen-bond donors (Lipinski definition) is 0. The molecule has 0 aliphatic carbocycles. The van der Waals surface area contributed by atoms with Crippen molar-refractivity contribution >= 4 is 10.8 Å². The van der Waals surface area contributed by atoms with E-state index in [2.05, 4.69) is 30.1 Å². The summed E-state index contributed by atoms with van der Waals surface area (Å²) in [6.45, 7) is 2.06. The van der Waals surface area contributed by atoms with Gasteiger partial charge < -0.3 is 4.57 Å². The highest BCUT2D eigenvalue weighted by atomic mass is 16.1. The molecule has 0 aliphatic rings. The molecule has 0 radical (unpaired) electrons. The topological polar surface area (TPSA) is 34.9 Å². The molecule has 3 nitrogen and oxygen atoms in total. The second kappa shape index (κ2) is 4.35. The summed E-state index contributed by atoms with van der Waals surface area (Å²) in [6, 6.07) is 10.2. The average Bonchev–Trinajstić information content (AvgIpc) is 2.43. The second-order valence-corrected chi connectivity index (χ2v) is 4.75. The van der Waals surface area contributed by atoms with Gasteiger partial charge in [0.1, 0.15) is 0 Å². The summed E-state index contributed by atoms with van der Waals surface area (Å²) in [4.78, 5) is 16.2. The minimum Gasteiger partial charge on any atom is -0.317 e. The number of pyridine rings is 2. The van der Waals surface area contributed by atoms with E-state index in [1.165, 1.54) is 5.56 Å². The highest BCUT2D eigenvalue weighted by Gasteiger charge is 2.08. The Morgan fingerprint density at radius 3 is 2.79 bits per heavy atom. The maximum absolute atomic E-state index is 12.1. The molecule has 0 fully saturated rings. The third kappa shape index (κ3) is 1.93. The summed E-state index contributed by atoms with van der Waals surface area (Å²) in [5, 5.41) is 1.60. The normalized spacial score (nSPS) is 10.8. The van der Waals surface area contributed by atoms with Crippen LogP contribution in [-0.2, 0) is 7.05 Å². The highest BCUT2D eigenvalue weighted by molar-refractivity contribution is 5.95. The first-order valence-electron chi connectivity index (χ1n) is 6.17. The maximum Gasteiger partial charge on any atom is 0.259 e. The van der Waals surface area contributed by atoms with E-state index in [-0.39, 0.29) is 5.56 Å². The van der Waals surface area contributed by atoms with Gasteiger partial charge in [0.25, 0.3) is 5.56 Å². The summed E-state index contributed by atoms with van der Waals surface area (Å²) < 4.78 is 1.61. The summed E-state index contributed by atoms with van der Waals surface area (Å²) in [5.41, 5.74) is 3.36. The average molecular weight is 250 g/mol. The SMILES string of the molecule is Cc1cccc(-c2cn(C)c(=O)c3cnccc23)c1. The van der Waals surface area contributed by atoms with Crippen LogP contribution in [0.25, 0.3) is 21.9 Å². The molecule has 0 N–H and O–H groups in total. The smallest absolute Gasteiger partial charge is 0.259 e. The van der Waals surface area contributed by atoms with Crippen molar-refractivity contribution in [2.75, 3.05) is 0 Å². The number of rotatable bonds is 1. The maximum atomic E-state index is 12.1. The summed E-state index contributed by atoms with van der Waals surface area (Å²) in [5.74, 6) is 0. The minimum absolute atomic E-state index is 0.0143. The Morgan fingerprint density at radius 1 is 1.16 bits per heavy atom. The number of aromatic nitrogens is 2. The van der Waals surface area contributed by atoms with E-state index < -0.39 is 0 Å². The molecule has 0 bridgehead atoms. The molecule has 3 rings (SSSR count). The van der Waals surface area contributed by atoms with Gasteiger partial charge in [0.15, 0.2) is 0 Å². The van der Waals surface area contributed by atoms with Crippen LogP contribution in [0, 0.1) is 6.92 Å². The van der Waals surface area contributed by atoms with Crippen LogP contribution in [-0.4, -0.2) is 9.55 Å². The number of benzene rings is 1. The van der Waals surface area contributed by atoms with Crippen LogP contribution in [0.5, 0.6) is 0 Å². The van der Waals surface area contributed by atoms with E-state index >= 15 is 0 Å². The highest BCUT2D eigenvalue weighted by Crippen LogP contribution is 2.26. The molecule has 0 saturated heterocycles. The third-order valence-corrected chi connectivity index (χ3v) is 3.31. The van der Waals surface area contributed by atoms with Crippen molar-refractivity contribution < 1.29 is 0 Å². The van der Waals surface area contributed by atoms with Gasteiger partial charge in [-0.1, -0.05) is 29.8 Å². The molecule has 0 saturated carbocycles. The van der Waals surface area contributed by atoms with E-state index in [9.17, 15) is 4.79 Å². The van der Waals surface area contributed by atoms with Crippen molar-refractivity contribution in [3.05, 3.63) is 64.8 Å². The van der Waals surface area contributed by atoms with Crippen LogP contribution in [0.2, 0.25) is 0 Å². The Labute approximate surface area is 111 Å². The third-order valence-electron chi connectivity index (χ3n) is 3.31. The Bertz CT molecular complexity index is 818. The lowest BCUT2D eigenvalue weighted by atomic mass is 10.0. The van der Waals surface area contributed by atoms with Crippen LogP contribution < -0.4 is 5.56 Å². The Morgan fingerprint density at radius 2 is 2.00 bits per heavy atom. The molecule has 0 unspecified atom stereocenters. The van der Waals surface area contributed by atoms with Crippen LogP contribution >= 0.6 is 0 Å². The number of aryl methyl sites for hydroxylation is 2. The molecule has 1 aromatic carbocycles. The first-order chi connectivity index (χ1) is 9.16. The Hall–Kier alpha value is -2.42. The number of nitrogens with zero attached hydrogens (tertiary/aromatic N) is 2. The van der Waals surface area contributed by atoms with Crippen molar-refractivity contribution in [3.8, 4) is 11.1 Å². The van der Waals surface area contributed by atoms with Gasteiger partial charge in [0.2, 0.25) is 0 Å². The van der Waals surface area contributed by atoms with E-state index in [0.717, 1.165) is 16.5 Å². The Kier molecular flexibility index (Phi) is 2.67. The lowest BCUT2D eigenvalue weighted by Crippen LogP contribution is -2.16. The first kappa shape index (κ1) is 11.7. The first-order valence-corrected chi connectivity index (χ1v) is 6.17. The molecule has 19 heavy (non-hydrogen) atoms. The van der Waals surface area contributed by atoms with Crippen LogP contribution in [0.4, 0.5) is 0 Å². The van der Waals surface area contributed by atoms with Crippen molar-refractivity contribution in [2.45, 2.75) is 6.92 Å². The molecule has 2 heterocycles. The zero-order valence-corrected chi connectivity index (χ0v) is 10.9. The summed E-state index contributed by atoms with van der Waals surface area (Å²) in [7, 11) is 1.77. The van der Waals surface area contributed by atoms with Gasteiger partial charge in [0.05, 0.1) is 5.39 Å². The number of fused-ring (bicyclic) bond motifs is 1. The van der Waals surface area contributed by atoms with Gasteiger partial charge in [0, 0.05) is 31.2 Å². The predicted octanol–water partition coefficient (Wildman–Crippen LogP) is 2.91. The standard InChI is InChI=1S/C16H14N2O/c1-11-4-3-5-12(8-11)15-10-18(2)16(19)14-9-17-7-6-13(14)15/h3-10H,1-2H3. The summed E-state index contributed by atoms with van der Waals surface area (Å²) >= 11 is 0. The molecule has 0 aliphatic heterocycles. The predicted molar refractivity (Wildman–Crippen MR) is 77.2 cm³/mol. The van der Waals surface area contributed by atoms with E-state index in [1.807, 2.05) is 18.3 Å². The molecular weight excluding hydrogens is 236 g/mol. The molecule has 0 amide bonds. The van der Waals surface area contributed by atoms with Crippen molar-refractivity contribution in [3.63, 3.8) is 0 Å². The van der Waals surface area contributed by atoms with Gasteiger partial charge in [-0.05, 0) is 23.9 Å². The monoisotopic (exact) mass is 250 g/mol. The van der Waals surface area contributed by atoms with Crippen molar-refractivity contribution in [1.29, 1.82) is 0 Å². The van der Waals surface area contributed by atoms with Crippen molar-refractivity contribution in [2.24, 2.45) is 7.05 Å². The fraction of sp³-hybridized carbons (Fsp3) is 0.125. The molecule has 0 spiro atoms. The summed E-state index contributed by atoms with van der Waals surface area (Å²) in [6.07, 6.45) is 5.25. The van der Waals surface area contributed by atoms with Crippen LogP contribution in [0.15, 0.2) is 53.7 Å². The largest absolute Gasteiger partial charge is 0.317 e. The van der Waals surface area contributed by atoms with Gasteiger partial charge in [-0.3, -0.25) is 9.78 Å². The molecule has 3 aromatic rings. The lowest BCUT2D eigenvalue weighted by molar-refractivity contribution is 0.874. The van der Waals surface area contributed by atoms with Gasteiger partial charge in [-0.25, -0.2) is 0 Å². The Balaban J connectivity index is 2.42.